The highest BCUT2D eigenvalue weighted by Crippen LogP contribution is 2.31. The molecule has 1 aromatic heterocycles. The van der Waals surface area contributed by atoms with Crippen LogP contribution in [0.15, 0.2) is 24.5 Å². The van der Waals surface area contributed by atoms with Crippen LogP contribution < -0.4 is 5.73 Å². The van der Waals surface area contributed by atoms with E-state index in [1.54, 1.807) is 0 Å². The van der Waals surface area contributed by atoms with Crippen LogP contribution in [0.25, 0.3) is 0 Å². The zero-order valence-electron chi connectivity index (χ0n) is 10.4. The predicted octanol–water partition coefficient (Wildman–Crippen LogP) is 1.39. The second-order valence-corrected chi connectivity index (χ2v) is 5.86. The lowest BCUT2D eigenvalue weighted by atomic mass is 9.96. The van der Waals surface area contributed by atoms with Crippen LogP contribution in [0, 0.1) is 0 Å². The van der Waals surface area contributed by atoms with Gasteiger partial charge in [-0.3, -0.25) is 9.88 Å². The smallest absolute Gasteiger partial charge is 0.0426 e. The Bertz CT molecular complexity index is 336. The van der Waals surface area contributed by atoms with Crippen LogP contribution >= 0.6 is 11.8 Å². The molecule has 1 aromatic rings. The third-order valence-corrected chi connectivity index (χ3v) is 4.99. The predicted molar refractivity (Wildman–Crippen MR) is 74.3 cm³/mol. The number of hydrogen-bond acceptors (Lipinski definition) is 4. The summed E-state index contributed by atoms with van der Waals surface area (Å²) in [6.07, 6.45) is 6.02. The molecule has 2 heterocycles. The van der Waals surface area contributed by atoms with E-state index >= 15 is 0 Å². The average molecular weight is 251 g/mol. The fourth-order valence-corrected chi connectivity index (χ4v) is 3.83. The maximum Gasteiger partial charge on any atom is 0.0426 e. The summed E-state index contributed by atoms with van der Waals surface area (Å²) in [6.45, 7) is 1.84. The van der Waals surface area contributed by atoms with E-state index < -0.39 is 0 Å². The van der Waals surface area contributed by atoms with Gasteiger partial charge in [0, 0.05) is 36.8 Å². The molecule has 2 N–H and O–H groups in total. The monoisotopic (exact) mass is 251 g/mol. The van der Waals surface area contributed by atoms with E-state index in [1.807, 2.05) is 24.2 Å². The number of thioether (sulfide) groups is 1. The Morgan fingerprint density at radius 1 is 1.47 bits per heavy atom. The molecule has 1 unspecified atom stereocenters. The molecular formula is C13H21N3S. The van der Waals surface area contributed by atoms with Crippen LogP contribution in [0.1, 0.15) is 12.0 Å². The molecule has 0 aliphatic carbocycles. The van der Waals surface area contributed by atoms with Gasteiger partial charge in [0.15, 0.2) is 0 Å². The van der Waals surface area contributed by atoms with Crippen LogP contribution in [0.5, 0.6) is 0 Å². The molecule has 17 heavy (non-hydrogen) atoms. The fourth-order valence-electron chi connectivity index (χ4n) is 2.30. The molecular weight excluding hydrogens is 230 g/mol. The summed E-state index contributed by atoms with van der Waals surface area (Å²) in [6, 6.07) is 4.18. The van der Waals surface area contributed by atoms with Crippen LogP contribution in [0.3, 0.4) is 0 Å². The second kappa shape index (κ2) is 5.85. The molecule has 0 saturated carbocycles. The first kappa shape index (κ1) is 12.9. The zero-order valence-corrected chi connectivity index (χ0v) is 11.2. The normalized spacial score (nSPS) is 24.4. The third kappa shape index (κ3) is 3.00. The molecule has 4 heteroatoms. The summed E-state index contributed by atoms with van der Waals surface area (Å²) >= 11 is 2.02. The van der Waals surface area contributed by atoms with Gasteiger partial charge in [0.1, 0.15) is 0 Å². The highest BCUT2D eigenvalue weighted by molar-refractivity contribution is 7.99. The van der Waals surface area contributed by atoms with Gasteiger partial charge in [0.05, 0.1) is 0 Å². The molecule has 0 aromatic carbocycles. The molecule has 1 aliphatic heterocycles. The Morgan fingerprint density at radius 2 is 2.24 bits per heavy atom. The molecule has 0 bridgehead atoms. The minimum atomic E-state index is 0.234. The second-order valence-electron chi connectivity index (χ2n) is 4.76. The molecule has 1 aliphatic rings. The number of nitrogens with two attached hydrogens (primary N) is 1. The summed E-state index contributed by atoms with van der Waals surface area (Å²) in [5, 5.41) is 0. The van der Waals surface area contributed by atoms with Crippen LogP contribution in [0.2, 0.25) is 0 Å². The average Bonchev–Trinajstić information content (AvgIpc) is 2.87. The lowest BCUT2D eigenvalue weighted by molar-refractivity contribution is 0.153. The van der Waals surface area contributed by atoms with Gasteiger partial charge in [0.2, 0.25) is 0 Å². The molecule has 0 radical (unpaired) electrons. The Kier molecular flexibility index (Phi) is 4.42. The number of hydrogen-bond donors (Lipinski definition) is 1. The van der Waals surface area contributed by atoms with Crippen molar-refractivity contribution in [1.29, 1.82) is 0 Å². The lowest BCUT2D eigenvalue weighted by Gasteiger charge is -2.37. The molecule has 94 valence electrons. The van der Waals surface area contributed by atoms with Crippen LogP contribution in [-0.2, 0) is 6.42 Å². The summed E-state index contributed by atoms with van der Waals surface area (Å²) in [4.78, 5) is 6.49. The van der Waals surface area contributed by atoms with E-state index in [1.165, 1.54) is 23.5 Å². The van der Waals surface area contributed by atoms with Crippen molar-refractivity contribution in [3.63, 3.8) is 0 Å². The number of aromatic nitrogens is 1. The summed E-state index contributed by atoms with van der Waals surface area (Å²) < 4.78 is 0. The van der Waals surface area contributed by atoms with Crippen LogP contribution in [0.4, 0.5) is 0 Å². The van der Waals surface area contributed by atoms with Crippen molar-refractivity contribution < 1.29 is 0 Å². The number of nitrogens with zero attached hydrogens (tertiary/aromatic N) is 2. The van der Waals surface area contributed by atoms with Crippen molar-refractivity contribution in [2.45, 2.75) is 18.4 Å². The first-order chi connectivity index (χ1) is 8.27. The maximum absolute atomic E-state index is 5.97. The van der Waals surface area contributed by atoms with Crippen molar-refractivity contribution in [1.82, 2.24) is 9.88 Å². The Hall–Kier alpha value is -0.580. The van der Waals surface area contributed by atoms with Gasteiger partial charge in [-0.1, -0.05) is 0 Å². The van der Waals surface area contributed by atoms with Crippen molar-refractivity contribution in [2.24, 2.45) is 5.73 Å². The summed E-state index contributed by atoms with van der Waals surface area (Å²) in [5.41, 5.74) is 7.56. The SMILES string of the molecule is CN(CCc1ccncc1)C1(CN)CCSC1. The van der Waals surface area contributed by atoms with Crippen molar-refractivity contribution in [3.05, 3.63) is 30.1 Å². The Balaban J connectivity index is 1.90. The van der Waals surface area contributed by atoms with Crippen LogP contribution in [-0.4, -0.2) is 47.1 Å². The Labute approximate surface area is 108 Å². The maximum atomic E-state index is 5.97. The van der Waals surface area contributed by atoms with Crippen molar-refractivity contribution in [2.75, 3.05) is 31.6 Å². The molecule has 2 rings (SSSR count). The molecule has 1 saturated heterocycles. The summed E-state index contributed by atoms with van der Waals surface area (Å²) in [7, 11) is 2.21. The van der Waals surface area contributed by atoms with Gasteiger partial charge < -0.3 is 5.73 Å². The van der Waals surface area contributed by atoms with E-state index in [-0.39, 0.29) is 5.54 Å². The van der Waals surface area contributed by atoms with Gasteiger partial charge >= 0.3 is 0 Å². The van der Waals surface area contributed by atoms with Crippen molar-refractivity contribution in [3.8, 4) is 0 Å². The highest BCUT2D eigenvalue weighted by Gasteiger charge is 2.36. The first-order valence-electron chi connectivity index (χ1n) is 6.15. The Morgan fingerprint density at radius 3 is 2.82 bits per heavy atom. The molecule has 0 amide bonds. The third-order valence-electron chi connectivity index (χ3n) is 3.76. The molecule has 3 nitrogen and oxygen atoms in total. The minimum absolute atomic E-state index is 0.234. The van der Waals surface area contributed by atoms with Gasteiger partial charge in [-0.05, 0) is 43.3 Å². The standard InChI is InChI=1S/C13H21N3S/c1-16(13(10-14)5-9-17-11-13)8-4-12-2-6-15-7-3-12/h2-3,6-7H,4-5,8-11,14H2,1H3. The van der Waals surface area contributed by atoms with Gasteiger partial charge in [-0.2, -0.15) is 11.8 Å². The summed E-state index contributed by atoms with van der Waals surface area (Å²) in [5.74, 6) is 2.42. The largest absolute Gasteiger partial charge is 0.329 e. The number of pyridine rings is 1. The number of rotatable bonds is 5. The highest BCUT2D eigenvalue weighted by atomic mass is 32.2. The topological polar surface area (TPSA) is 42.2 Å². The molecule has 1 atom stereocenters. The van der Waals surface area contributed by atoms with E-state index in [0.29, 0.717) is 0 Å². The van der Waals surface area contributed by atoms with E-state index in [2.05, 4.69) is 29.1 Å². The minimum Gasteiger partial charge on any atom is -0.329 e. The first-order valence-corrected chi connectivity index (χ1v) is 7.30. The van der Waals surface area contributed by atoms with E-state index in [9.17, 15) is 0 Å². The molecule has 1 fully saturated rings. The fraction of sp³-hybridized carbons (Fsp3) is 0.615. The van der Waals surface area contributed by atoms with Crippen molar-refractivity contribution >= 4 is 11.8 Å². The zero-order chi connectivity index (χ0) is 12.1. The van der Waals surface area contributed by atoms with Gasteiger partial charge in [-0.15, -0.1) is 0 Å². The van der Waals surface area contributed by atoms with Gasteiger partial charge in [-0.25, -0.2) is 0 Å². The molecule has 0 spiro atoms. The van der Waals surface area contributed by atoms with Gasteiger partial charge in [0.25, 0.3) is 0 Å². The van der Waals surface area contributed by atoms with E-state index in [4.69, 9.17) is 5.73 Å². The van der Waals surface area contributed by atoms with E-state index in [0.717, 1.165) is 19.5 Å². The number of likely N-dealkylation sites (N-methyl/N-ethyl adjacent to an activating group) is 1. The quantitative estimate of drug-likeness (QED) is 0.859. The lowest BCUT2D eigenvalue weighted by Crippen LogP contribution is -2.52.